The van der Waals surface area contributed by atoms with Crippen LogP contribution in [0.5, 0.6) is 0 Å². The number of ether oxygens (including phenoxy) is 1. The van der Waals surface area contributed by atoms with Crippen LogP contribution in [-0.2, 0) is 10.3 Å². The highest BCUT2D eigenvalue weighted by Crippen LogP contribution is 2.49. The van der Waals surface area contributed by atoms with E-state index in [0.717, 1.165) is 55.1 Å². The van der Waals surface area contributed by atoms with Crippen molar-refractivity contribution >= 4 is 11.8 Å². The van der Waals surface area contributed by atoms with Gasteiger partial charge in [0.2, 0.25) is 0 Å². The second-order valence-corrected chi connectivity index (χ2v) is 7.83. The summed E-state index contributed by atoms with van der Waals surface area (Å²) in [6.45, 7) is 2.10. The van der Waals surface area contributed by atoms with Crippen LogP contribution in [0, 0.1) is 11.8 Å². The van der Waals surface area contributed by atoms with E-state index in [-0.39, 0.29) is 6.09 Å². The normalized spacial score (nSPS) is 35.0. The minimum Gasteiger partial charge on any atom is -0.438 e. The maximum absolute atomic E-state index is 12.0. The van der Waals surface area contributed by atoms with E-state index in [1.165, 1.54) is 25.7 Å². The number of hydrogen-bond acceptors (Lipinski definition) is 3. The van der Waals surface area contributed by atoms with Gasteiger partial charge in [-0.25, -0.2) is 4.79 Å². The molecule has 0 unspecified atom stereocenters. The average Bonchev–Trinajstić information content (AvgIpc) is 3.19. The Morgan fingerprint density at radius 3 is 2.70 bits per heavy atom. The fraction of sp³-hybridized carbons (Fsp3) is 0.632. The van der Waals surface area contributed by atoms with E-state index in [9.17, 15) is 4.79 Å². The van der Waals surface area contributed by atoms with Crippen molar-refractivity contribution in [2.24, 2.45) is 11.8 Å². The first-order valence-corrected chi connectivity index (χ1v) is 9.07. The minimum absolute atomic E-state index is 0.294. The summed E-state index contributed by atoms with van der Waals surface area (Å²) in [6, 6.07) is 8.91. The monoisotopic (exact) mass is 312 g/mol. The first-order valence-electron chi connectivity index (χ1n) is 9.07. The molecular formula is C19H24N2O2. The third-order valence-corrected chi connectivity index (χ3v) is 6.72. The summed E-state index contributed by atoms with van der Waals surface area (Å²) >= 11 is 0. The number of nitrogens with one attached hydrogen (secondary N) is 1. The van der Waals surface area contributed by atoms with Crippen molar-refractivity contribution in [2.75, 3.05) is 18.4 Å². The predicted molar refractivity (Wildman–Crippen MR) is 88.3 cm³/mol. The molecule has 0 radical (unpaired) electrons. The van der Waals surface area contributed by atoms with E-state index in [1.807, 2.05) is 18.2 Å². The zero-order valence-corrected chi connectivity index (χ0v) is 13.5. The number of carbonyl (C=O) groups excluding carboxylic acids is 1. The number of benzene rings is 1. The van der Waals surface area contributed by atoms with E-state index in [1.54, 1.807) is 0 Å². The number of piperidine rings is 1. The molecule has 2 bridgehead atoms. The number of amides is 1. The number of nitrogens with zero attached hydrogens (tertiary/aromatic N) is 1. The van der Waals surface area contributed by atoms with Gasteiger partial charge in [0.15, 0.2) is 0 Å². The second kappa shape index (κ2) is 4.97. The largest absolute Gasteiger partial charge is 0.438 e. The molecule has 2 heterocycles. The third kappa shape index (κ3) is 2.11. The number of carbonyl (C=O) groups is 1. The molecule has 4 heteroatoms. The van der Waals surface area contributed by atoms with Crippen LogP contribution in [0.1, 0.15) is 44.1 Å². The van der Waals surface area contributed by atoms with Crippen molar-refractivity contribution in [3.8, 4) is 0 Å². The second-order valence-electron chi connectivity index (χ2n) is 7.83. The lowest BCUT2D eigenvalue weighted by Crippen LogP contribution is -2.51. The van der Waals surface area contributed by atoms with Gasteiger partial charge in [0.25, 0.3) is 0 Å². The lowest BCUT2D eigenvalue weighted by molar-refractivity contribution is -0.0503. The number of likely N-dealkylation sites (tertiary alicyclic amines) is 1. The Hall–Kier alpha value is -1.55. The number of rotatable bonds is 1. The van der Waals surface area contributed by atoms with Gasteiger partial charge in [-0.1, -0.05) is 24.6 Å². The van der Waals surface area contributed by atoms with E-state index in [4.69, 9.17) is 4.74 Å². The Morgan fingerprint density at radius 1 is 1.13 bits per heavy atom. The van der Waals surface area contributed by atoms with Crippen LogP contribution in [0.25, 0.3) is 0 Å². The van der Waals surface area contributed by atoms with Crippen molar-refractivity contribution < 1.29 is 9.53 Å². The van der Waals surface area contributed by atoms with Gasteiger partial charge in [-0.15, -0.1) is 0 Å². The molecule has 5 rings (SSSR count). The molecule has 2 saturated carbocycles. The lowest BCUT2D eigenvalue weighted by Gasteiger charge is -2.46. The van der Waals surface area contributed by atoms with Crippen molar-refractivity contribution in [1.29, 1.82) is 0 Å². The molecule has 1 aromatic rings. The van der Waals surface area contributed by atoms with Crippen molar-refractivity contribution in [3.63, 3.8) is 0 Å². The summed E-state index contributed by atoms with van der Waals surface area (Å²) < 4.78 is 5.84. The average molecular weight is 312 g/mol. The van der Waals surface area contributed by atoms with Crippen LogP contribution >= 0.6 is 0 Å². The summed E-state index contributed by atoms with van der Waals surface area (Å²) in [5, 5.41) is 2.84. The molecule has 1 aromatic carbocycles. The zero-order valence-electron chi connectivity index (χ0n) is 13.5. The van der Waals surface area contributed by atoms with Gasteiger partial charge in [-0.05, 0) is 37.2 Å². The Bertz CT molecular complexity index is 636. The van der Waals surface area contributed by atoms with Crippen LogP contribution in [-0.4, -0.2) is 30.1 Å². The van der Waals surface area contributed by atoms with E-state index in [0.29, 0.717) is 0 Å². The van der Waals surface area contributed by atoms with Crippen molar-refractivity contribution in [3.05, 3.63) is 29.8 Å². The number of para-hydroxylation sites is 1. The van der Waals surface area contributed by atoms with Crippen LogP contribution in [0.15, 0.2) is 24.3 Å². The van der Waals surface area contributed by atoms with Crippen LogP contribution < -0.4 is 5.32 Å². The van der Waals surface area contributed by atoms with Gasteiger partial charge in [-0.2, -0.15) is 0 Å². The number of hydrogen-bond donors (Lipinski definition) is 1. The SMILES string of the molecule is O=C1Nc2ccccc2C2(CCN([C@H]3C[C@H]4CC[C@@H]3C4)CC2)O1. The standard InChI is InChI=1S/C19H24N2O2/c22-18-20-16-4-2-1-3-15(16)19(23-18)7-9-21(10-8-19)17-12-13-5-6-14(17)11-13/h1-4,13-14,17H,5-12H2,(H,20,22)/t13-,14+,17-/m0/s1. The molecule has 4 nitrogen and oxygen atoms in total. The Labute approximate surface area is 137 Å². The van der Waals surface area contributed by atoms with Gasteiger partial charge < -0.3 is 4.74 Å². The summed E-state index contributed by atoms with van der Waals surface area (Å²) in [4.78, 5) is 14.7. The highest BCUT2D eigenvalue weighted by atomic mass is 16.6. The molecule has 2 aliphatic carbocycles. The molecular weight excluding hydrogens is 288 g/mol. The number of anilines is 1. The van der Waals surface area contributed by atoms with Gasteiger partial charge in [0.1, 0.15) is 5.60 Å². The molecule has 1 N–H and O–H groups in total. The predicted octanol–water partition coefficient (Wildman–Crippen LogP) is 3.73. The van der Waals surface area contributed by atoms with E-state index < -0.39 is 5.60 Å². The minimum atomic E-state index is -0.410. The van der Waals surface area contributed by atoms with Gasteiger partial charge >= 0.3 is 6.09 Å². The molecule has 2 aliphatic heterocycles. The Kier molecular flexibility index (Phi) is 2.99. The first-order chi connectivity index (χ1) is 11.2. The van der Waals surface area contributed by atoms with Gasteiger partial charge in [0, 0.05) is 37.5 Å². The summed E-state index contributed by atoms with van der Waals surface area (Å²) in [6.07, 6.45) is 7.28. The maximum Gasteiger partial charge on any atom is 0.412 e. The highest BCUT2D eigenvalue weighted by Gasteiger charge is 2.48. The van der Waals surface area contributed by atoms with Crippen molar-refractivity contribution in [2.45, 2.75) is 50.2 Å². The smallest absolute Gasteiger partial charge is 0.412 e. The zero-order chi connectivity index (χ0) is 15.4. The van der Waals surface area contributed by atoms with Crippen LogP contribution in [0.2, 0.25) is 0 Å². The Morgan fingerprint density at radius 2 is 1.96 bits per heavy atom. The highest BCUT2D eigenvalue weighted by molar-refractivity contribution is 5.88. The van der Waals surface area contributed by atoms with Gasteiger partial charge in [0.05, 0.1) is 5.69 Å². The topological polar surface area (TPSA) is 41.6 Å². The maximum atomic E-state index is 12.0. The fourth-order valence-electron chi connectivity index (χ4n) is 5.60. The quantitative estimate of drug-likeness (QED) is 0.859. The molecule has 4 aliphatic rings. The molecule has 1 saturated heterocycles. The summed E-state index contributed by atoms with van der Waals surface area (Å²) in [5.74, 6) is 1.91. The molecule has 3 fully saturated rings. The lowest BCUT2D eigenvalue weighted by atomic mass is 9.81. The van der Waals surface area contributed by atoms with E-state index >= 15 is 0 Å². The van der Waals surface area contributed by atoms with E-state index in [2.05, 4.69) is 16.3 Å². The van der Waals surface area contributed by atoms with Gasteiger partial charge in [-0.3, -0.25) is 10.2 Å². The fourth-order valence-corrected chi connectivity index (χ4v) is 5.60. The number of fused-ring (bicyclic) bond motifs is 4. The van der Waals surface area contributed by atoms with Crippen molar-refractivity contribution in [1.82, 2.24) is 4.90 Å². The molecule has 0 aromatic heterocycles. The Balaban J connectivity index is 1.37. The molecule has 1 spiro atoms. The molecule has 122 valence electrons. The summed E-state index contributed by atoms with van der Waals surface area (Å²) in [7, 11) is 0. The third-order valence-electron chi connectivity index (χ3n) is 6.72. The molecule has 23 heavy (non-hydrogen) atoms. The molecule has 1 amide bonds. The summed E-state index contributed by atoms with van der Waals surface area (Å²) in [5.41, 5.74) is 1.68. The van der Waals surface area contributed by atoms with Crippen LogP contribution in [0.4, 0.5) is 10.5 Å². The molecule has 3 atom stereocenters. The first kappa shape index (κ1) is 13.8. The van der Waals surface area contributed by atoms with Crippen LogP contribution in [0.3, 0.4) is 0 Å².